The zero-order valence-electron chi connectivity index (χ0n) is 10.4. The van der Waals surface area contributed by atoms with E-state index in [0.717, 1.165) is 19.4 Å². The van der Waals surface area contributed by atoms with Gasteiger partial charge in [-0.1, -0.05) is 0 Å². The number of fused-ring (bicyclic) bond motifs is 3. The lowest BCUT2D eigenvalue weighted by Crippen LogP contribution is -2.61. The number of piperidine rings is 2. The van der Waals surface area contributed by atoms with Gasteiger partial charge in [-0.05, 0) is 46.0 Å². The molecule has 3 fully saturated rings. The van der Waals surface area contributed by atoms with Gasteiger partial charge in [0.25, 0.3) is 0 Å². The molecule has 2 bridgehead atoms. The standard InChI is InChI=1S/C12H22N2O2/c1-12(2,3)16-11(15)14-7-8-4-5-10(14)9(13)6-8/h8-10H,4-7,13H2,1-3H3/t8-,9+,10+/m0/s1. The Balaban J connectivity index is 2.02. The van der Waals surface area contributed by atoms with Crippen molar-refractivity contribution < 1.29 is 9.53 Å². The van der Waals surface area contributed by atoms with E-state index in [4.69, 9.17) is 10.5 Å². The van der Waals surface area contributed by atoms with Gasteiger partial charge in [0.1, 0.15) is 5.60 Å². The van der Waals surface area contributed by atoms with Crippen LogP contribution in [0.25, 0.3) is 0 Å². The van der Waals surface area contributed by atoms with Crippen LogP contribution in [0.2, 0.25) is 0 Å². The van der Waals surface area contributed by atoms with E-state index in [-0.39, 0.29) is 18.2 Å². The highest BCUT2D eigenvalue weighted by atomic mass is 16.6. The van der Waals surface area contributed by atoms with Crippen LogP contribution in [0.15, 0.2) is 0 Å². The predicted molar refractivity (Wildman–Crippen MR) is 62.0 cm³/mol. The van der Waals surface area contributed by atoms with E-state index in [0.29, 0.717) is 5.92 Å². The van der Waals surface area contributed by atoms with Crippen molar-refractivity contribution in [3.8, 4) is 0 Å². The molecule has 3 atom stereocenters. The third-order valence-corrected chi connectivity index (χ3v) is 3.45. The molecule has 16 heavy (non-hydrogen) atoms. The molecule has 3 rings (SSSR count). The summed E-state index contributed by atoms with van der Waals surface area (Å²) < 4.78 is 5.41. The summed E-state index contributed by atoms with van der Waals surface area (Å²) in [5.41, 5.74) is 5.64. The Morgan fingerprint density at radius 3 is 2.56 bits per heavy atom. The van der Waals surface area contributed by atoms with Crippen molar-refractivity contribution in [2.75, 3.05) is 6.54 Å². The number of ether oxygens (including phenoxy) is 1. The first kappa shape index (κ1) is 11.7. The number of amides is 1. The lowest BCUT2D eigenvalue weighted by atomic mass is 9.77. The maximum absolute atomic E-state index is 12.0. The molecule has 0 aromatic carbocycles. The highest BCUT2D eigenvalue weighted by Crippen LogP contribution is 2.34. The number of carbonyl (C=O) groups excluding carboxylic acids is 1. The van der Waals surface area contributed by atoms with Crippen molar-refractivity contribution in [1.29, 1.82) is 0 Å². The Bertz CT molecular complexity index is 285. The second-order valence-corrected chi connectivity index (χ2v) is 6.04. The van der Waals surface area contributed by atoms with Crippen molar-refractivity contribution in [3.05, 3.63) is 0 Å². The van der Waals surface area contributed by atoms with Crippen molar-refractivity contribution in [2.24, 2.45) is 11.7 Å². The summed E-state index contributed by atoms with van der Waals surface area (Å²) >= 11 is 0. The SMILES string of the molecule is CC(C)(C)OC(=O)N1C[C@H]2CC[C@@H]1[C@H](N)C2. The van der Waals surface area contributed by atoms with Crippen LogP contribution in [-0.2, 0) is 4.74 Å². The van der Waals surface area contributed by atoms with Crippen molar-refractivity contribution >= 4 is 6.09 Å². The number of carbonyl (C=O) groups is 1. The largest absolute Gasteiger partial charge is 0.444 e. The van der Waals surface area contributed by atoms with Gasteiger partial charge in [0.05, 0.1) is 6.04 Å². The van der Waals surface area contributed by atoms with Crippen LogP contribution < -0.4 is 5.73 Å². The maximum Gasteiger partial charge on any atom is 0.410 e. The normalized spacial score (nSPS) is 34.0. The first-order chi connectivity index (χ1) is 7.37. The van der Waals surface area contributed by atoms with Crippen LogP contribution >= 0.6 is 0 Å². The molecule has 0 radical (unpaired) electrons. The summed E-state index contributed by atoms with van der Waals surface area (Å²) in [6, 6.07) is 0.333. The Labute approximate surface area is 97.1 Å². The number of nitrogens with zero attached hydrogens (tertiary/aromatic N) is 1. The molecule has 2 heterocycles. The van der Waals surface area contributed by atoms with E-state index in [1.165, 1.54) is 6.42 Å². The Morgan fingerprint density at radius 2 is 2.06 bits per heavy atom. The van der Waals surface area contributed by atoms with Crippen LogP contribution in [0.1, 0.15) is 40.0 Å². The Hall–Kier alpha value is -0.770. The maximum atomic E-state index is 12.0. The fraction of sp³-hybridized carbons (Fsp3) is 0.917. The molecule has 0 aromatic heterocycles. The average Bonchev–Trinajstić information content (AvgIpc) is 2.15. The first-order valence-electron chi connectivity index (χ1n) is 6.12. The molecule has 2 saturated heterocycles. The average molecular weight is 226 g/mol. The number of hydrogen-bond acceptors (Lipinski definition) is 3. The number of hydrogen-bond donors (Lipinski definition) is 1. The monoisotopic (exact) mass is 226 g/mol. The van der Waals surface area contributed by atoms with Crippen LogP contribution in [0.3, 0.4) is 0 Å². The summed E-state index contributed by atoms with van der Waals surface area (Å²) in [5, 5.41) is 0. The molecule has 92 valence electrons. The lowest BCUT2D eigenvalue weighted by Gasteiger charge is -2.48. The minimum Gasteiger partial charge on any atom is -0.444 e. The summed E-state index contributed by atoms with van der Waals surface area (Å²) in [4.78, 5) is 13.8. The summed E-state index contributed by atoms with van der Waals surface area (Å²) in [6.45, 7) is 6.51. The van der Waals surface area contributed by atoms with E-state index < -0.39 is 5.60 Å². The van der Waals surface area contributed by atoms with Crippen LogP contribution in [-0.4, -0.2) is 35.2 Å². The smallest absolute Gasteiger partial charge is 0.410 e. The number of nitrogens with two attached hydrogens (primary N) is 1. The molecule has 0 unspecified atom stereocenters. The molecular formula is C12H22N2O2. The lowest BCUT2D eigenvalue weighted by molar-refractivity contribution is -0.0181. The van der Waals surface area contributed by atoms with Crippen LogP contribution in [0.4, 0.5) is 4.79 Å². The third kappa shape index (κ3) is 2.32. The first-order valence-corrected chi connectivity index (χ1v) is 6.12. The molecule has 1 amide bonds. The van der Waals surface area contributed by atoms with Gasteiger partial charge in [0, 0.05) is 12.6 Å². The summed E-state index contributed by atoms with van der Waals surface area (Å²) in [5.74, 6) is 0.576. The Kier molecular flexibility index (Phi) is 2.86. The highest BCUT2D eigenvalue weighted by Gasteiger charge is 2.42. The zero-order valence-corrected chi connectivity index (χ0v) is 10.4. The molecular weight excluding hydrogens is 204 g/mol. The van der Waals surface area contributed by atoms with Gasteiger partial charge in [-0.2, -0.15) is 0 Å². The second-order valence-electron chi connectivity index (χ2n) is 6.04. The zero-order chi connectivity index (χ0) is 11.9. The Morgan fingerprint density at radius 1 is 1.38 bits per heavy atom. The molecule has 0 spiro atoms. The third-order valence-electron chi connectivity index (χ3n) is 3.45. The predicted octanol–water partition coefficient (Wildman–Crippen LogP) is 1.73. The van der Waals surface area contributed by atoms with E-state index in [1.807, 2.05) is 25.7 Å². The quantitative estimate of drug-likeness (QED) is 0.684. The van der Waals surface area contributed by atoms with Gasteiger partial charge >= 0.3 is 6.09 Å². The molecule has 1 saturated carbocycles. The molecule has 2 aliphatic heterocycles. The van der Waals surface area contributed by atoms with E-state index in [9.17, 15) is 4.79 Å². The molecule has 4 heteroatoms. The van der Waals surface area contributed by atoms with E-state index in [2.05, 4.69) is 0 Å². The molecule has 4 nitrogen and oxygen atoms in total. The minimum absolute atomic E-state index is 0.139. The fourth-order valence-electron chi connectivity index (χ4n) is 2.78. The summed E-state index contributed by atoms with van der Waals surface area (Å²) in [7, 11) is 0. The van der Waals surface area contributed by atoms with Crippen molar-refractivity contribution in [2.45, 2.75) is 57.7 Å². The van der Waals surface area contributed by atoms with Gasteiger partial charge in [0.2, 0.25) is 0 Å². The molecule has 0 aromatic rings. The second kappa shape index (κ2) is 3.91. The molecule has 3 aliphatic rings. The van der Waals surface area contributed by atoms with Crippen LogP contribution in [0, 0.1) is 5.92 Å². The topological polar surface area (TPSA) is 55.6 Å². The molecule has 1 aliphatic carbocycles. The van der Waals surface area contributed by atoms with Gasteiger partial charge in [0.15, 0.2) is 0 Å². The molecule has 2 N–H and O–H groups in total. The fourth-order valence-corrected chi connectivity index (χ4v) is 2.78. The van der Waals surface area contributed by atoms with Gasteiger partial charge in [-0.3, -0.25) is 0 Å². The van der Waals surface area contributed by atoms with Gasteiger partial charge < -0.3 is 15.4 Å². The van der Waals surface area contributed by atoms with E-state index in [1.54, 1.807) is 0 Å². The van der Waals surface area contributed by atoms with Crippen molar-refractivity contribution in [1.82, 2.24) is 4.90 Å². The number of rotatable bonds is 0. The highest BCUT2D eigenvalue weighted by molar-refractivity contribution is 5.69. The van der Waals surface area contributed by atoms with E-state index >= 15 is 0 Å². The van der Waals surface area contributed by atoms with Gasteiger partial charge in [-0.15, -0.1) is 0 Å². The van der Waals surface area contributed by atoms with Gasteiger partial charge in [-0.25, -0.2) is 4.79 Å². The van der Waals surface area contributed by atoms with Crippen LogP contribution in [0.5, 0.6) is 0 Å². The minimum atomic E-state index is -0.419. The summed E-state index contributed by atoms with van der Waals surface area (Å²) in [6.07, 6.45) is 3.10. The van der Waals surface area contributed by atoms with Crippen molar-refractivity contribution in [3.63, 3.8) is 0 Å².